The molecule has 0 saturated carbocycles. The Morgan fingerprint density at radius 1 is 0.974 bits per heavy atom. The number of rotatable bonds is 4. The summed E-state index contributed by atoms with van der Waals surface area (Å²) in [6.45, 7) is 9.00. The third-order valence-corrected chi connectivity index (χ3v) is 7.60. The lowest BCUT2D eigenvalue weighted by Crippen LogP contribution is -2.41. The largest absolute Gasteiger partial charge is 0.496 e. The first-order chi connectivity index (χ1) is 17.5. The van der Waals surface area contributed by atoms with E-state index in [-0.39, 0.29) is 32.9 Å². The fraction of sp³-hybridized carbons (Fsp3) is 0.346. The van der Waals surface area contributed by atoms with Gasteiger partial charge < -0.3 is 19.2 Å². The van der Waals surface area contributed by atoms with Gasteiger partial charge in [0.1, 0.15) is 17.2 Å². The highest BCUT2D eigenvalue weighted by atomic mass is 35.5. The molecule has 1 aliphatic heterocycles. The van der Waals surface area contributed by atoms with E-state index in [0.717, 1.165) is 27.5 Å². The van der Waals surface area contributed by atoms with Crippen LogP contribution in [0.15, 0.2) is 40.1 Å². The Kier molecular flexibility index (Phi) is 6.92. The van der Waals surface area contributed by atoms with Crippen LogP contribution >= 0.6 is 11.6 Å². The average Bonchev–Trinajstić information content (AvgIpc) is 3.04. The van der Waals surface area contributed by atoms with Crippen LogP contribution < -0.4 is 22.0 Å². The highest BCUT2D eigenvalue weighted by Crippen LogP contribution is 2.39. The van der Waals surface area contributed by atoms with Gasteiger partial charge >= 0.3 is 12.8 Å². The van der Waals surface area contributed by atoms with Gasteiger partial charge in [-0.25, -0.2) is 13.6 Å². The molecule has 12 heteroatoms. The smallest absolute Gasteiger partial charge is 0.399 e. The summed E-state index contributed by atoms with van der Waals surface area (Å²) in [7, 11) is 1.68. The summed E-state index contributed by atoms with van der Waals surface area (Å²) < 4.78 is 43.6. The molecule has 38 heavy (non-hydrogen) atoms. The summed E-state index contributed by atoms with van der Waals surface area (Å²) in [6, 6.07) is 4.62. The molecular weight excluding hydrogens is 519 g/mol. The lowest BCUT2D eigenvalue weighted by atomic mass is 9.77. The molecular formula is C26H27BClF2N3O5. The predicted octanol–water partition coefficient (Wildman–Crippen LogP) is 3.54. The number of hydrogen-bond donors (Lipinski definition) is 1. The molecule has 0 atom stereocenters. The van der Waals surface area contributed by atoms with Crippen molar-refractivity contribution in [1.82, 2.24) is 9.13 Å². The number of nitrogens with zero attached hydrogens (tertiary/aromatic N) is 2. The molecule has 0 unspecified atom stereocenters. The Morgan fingerprint density at radius 3 is 2.13 bits per heavy atom. The Labute approximate surface area is 223 Å². The van der Waals surface area contributed by atoms with E-state index in [1.54, 1.807) is 6.92 Å². The van der Waals surface area contributed by atoms with Crippen molar-refractivity contribution in [3.8, 4) is 11.1 Å². The number of amides is 1. The zero-order valence-electron chi connectivity index (χ0n) is 22.0. The highest BCUT2D eigenvalue weighted by Gasteiger charge is 2.52. The first-order valence-electron chi connectivity index (χ1n) is 11.8. The topological polar surface area (TPSA) is 91.6 Å². The van der Waals surface area contributed by atoms with Crippen molar-refractivity contribution in [3.05, 3.63) is 79.1 Å². The molecule has 0 bridgehead atoms. The summed E-state index contributed by atoms with van der Waals surface area (Å²) in [5.41, 5.74) is -2.08. The van der Waals surface area contributed by atoms with Crippen LogP contribution in [0.4, 0.5) is 14.5 Å². The lowest BCUT2D eigenvalue weighted by molar-refractivity contribution is 0.00578. The molecule has 4 rings (SSSR count). The number of carbonyl (C=O) groups is 1. The Hall–Kier alpha value is -3.28. The van der Waals surface area contributed by atoms with E-state index >= 15 is 0 Å². The summed E-state index contributed by atoms with van der Waals surface area (Å²) in [6.07, 6.45) is 1.11. The van der Waals surface area contributed by atoms with Crippen LogP contribution in [0.5, 0.6) is 0 Å². The van der Waals surface area contributed by atoms with Crippen molar-refractivity contribution < 1.29 is 22.9 Å². The molecule has 1 N–H and O–H groups in total. The molecule has 2 heterocycles. The highest BCUT2D eigenvalue weighted by molar-refractivity contribution is 6.66. The standard InChI is InChI=1S/C26H27BClF2N3O5/c1-13-16(17-9-14(29)10-19(21(17)28)27-37-25(2,3)26(4,5)38-27)8-15(30)11-20(13)31-22(34)18-12-32(6)24(36)33(7)23(18)35/h8-12H,1-7H3,(H,31,34). The monoisotopic (exact) mass is 545 g/mol. The SMILES string of the molecule is Cc1c(NC(=O)c2cn(C)c(=O)n(C)c2=O)cc(F)cc1-c1cc(F)cc(B2OC(C)(C)C(C)(C)O2)c1Cl. The van der Waals surface area contributed by atoms with Crippen molar-refractivity contribution in [1.29, 1.82) is 0 Å². The Morgan fingerprint density at radius 2 is 1.53 bits per heavy atom. The van der Waals surface area contributed by atoms with Crippen molar-refractivity contribution in [2.24, 2.45) is 14.1 Å². The van der Waals surface area contributed by atoms with Gasteiger partial charge in [0.25, 0.3) is 11.5 Å². The minimum absolute atomic E-state index is 0.0402. The first-order valence-corrected chi connectivity index (χ1v) is 12.1. The number of carbonyl (C=O) groups excluding carboxylic acids is 1. The van der Waals surface area contributed by atoms with Crippen LogP contribution in [-0.2, 0) is 23.4 Å². The molecule has 1 amide bonds. The minimum atomic E-state index is -0.962. The van der Waals surface area contributed by atoms with Gasteiger partial charge in [0.2, 0.25) is 0 Å². The molecule has 1 fully saturated rings. The van der Waals surface area contributed by atoms with Gasteiger partial charge in [-0.2, -0.15) is 0 Å². The zero-order chi connectivity index (χ0) is 28.3. The number of aromatic nitrogens is 2. The summed E-state index contributed by atoms with van der Waals surface area (Å²) in [4.78, 5) is 37.4. The summed E-state index contributed by atoms with van der Waals surface area (Å²) in [5, 5.41) is 2.62. The molecule has 1 aromatic heterocycles. The number of aryl methyl sites for hydroxylation is 1. The van der Waals surface area contributed by atoms with Crippen LogP contribution in [0.1, 0.15) is 43.6 Å². The number of benzene rings is 2. The maximum absolute atomic E-state index is 14.9. The van der Waals surface area contributed by atoms with Crippen LogP contribution in [0.2, 0.25) is 5.02 Å². The van der Waals surface area contributed by atoms with E-state index in [0.29, 0.717) is 5.56 Å². The number of nitrogens with one attached hydrogen (secondary N) is 1. The van der Waals surface area contributed by atoms with Crippen LogP contribution in [0, 0.1) is 18.6 Å². The van der Waals surface area contributed by atoms with Gasteiger partial charge in [-0.15, -0.1) is 0 Å². The van der Waals surface area contributed by atoms with Crippen LogP contribution in [0.25, 0.3) is 11.1 Å². The second kappa shape index (κ2) is 9.48. The quantitative estimate of drug-likeness (QED) is 0.507. The zero-order valence-corrected chi connectivity index (χ0v) is 22.8. The second-order valence-corrected chi connectivity index (χ2v) is 10.7. The van der Waals surface area contributed by atoms with E-state index in [1.165, 1.54) is 26.2 Å². The third kappa shape index (κ3) is 4.70. The van der Waals surface area contributed by atoms with Gasteiger partial charge in [0, 0.05) is 42.0 Å². The third-order valence-electron chi connectivity index (χ3n) is 7.17. The summed E-state index contributed by atoms with van der Waals surface area (Å²) >= 11 is 6.72. The second-order valence-electron chi connectivity index (χ2n) is 10.3. The average molecular weight is 546 g/mol. The number of hydrogen-bond acceptors (Lipinski definition) is 5. The van der Waals surface area contributed by atoms with E-state index < -0.39 is 47.1 Å². The minimum Gasteiger partial charge on any atom is -0.399 e. The lowest BCUT2D eigenvalue weighted by Gasteiger charge is -2.32. The van der Waals surface area contributed by atoms with E-state index in [9.17, 15) is 23.2 Å². The predicted molar refractivity (Wildman–Crippen MR) is 142 cm³/mol. The van der Waals surface area contributed by atoms with Gasteiger partial charge in [-0.1, -0.05) is 11.6 Å². The molecule has 0 spiro atoms. The van der Waals surface area contributed by atoms with Gasteiger partial charge in [-0.3, -0.25) is 14.2 Å². The molecule has 1 aliphatic rings. The Bertz CT molecular complexity index is 1580. The van der Waals surface area contributed by atoms with Gasteiger partial charge in [0.05, 0.1) is 11.2 Å². The molecule has 8 nitrogen and oxygen atoms in total. The molecule has 0 aliphatic carbocycles. The number of anilines is 1. The van der Waals surface area contributed by atoms with Crippen molar-refractivity contribution in [2.45, 2.75) is 45.8 Å². The van der Waals surface area contributed by atoms with Crippen molar-refractivity contribution in [2.75, 3.05) is 5.32 Å². The fourth-order valence-electron chi connectivity index (χ4n) is 4.19. The first kappa shape index (κ1) is 27.8. The van der Waals surface area contributed by atoms with Gasteiger partial charge in [0.15, 0.2) is 0 Å². The Balaban J connectivity index is 1.78. The molecule has 3 aromatic rings. The maximum Gasteiger partial charge on any atom is 0.496 e. The molecule has 2 aromatic carbocycles. The maximum atomic E-state index is 14.9. The van der Waals surface area contributed by atoms with E-state index in [4.69, 9.17) is 20.9 Å². The molecule has 1 saturated heterocycles. The van der Waals surface area contributed by atoms with Crippen LogP contribution in [-0.4, -0.2) is 33.4 Å². The van der Waals surface area contributed by atoms with Crippen molar-refractivity contribution >= 4 is 35.8 Å². The van der Waals surface area contributed by atoms with Crippen molar-refractivity contribution in [3.63, 3.8) is 0 Å². The number of halogens is 3. The molecule has 200 valence electrons. The van der Waals surface area contributed by atoms with Crippen LogP contribution in [0.3, 0.4) is 0 Å². The molecule has 0 radical (unpaired) electrons. The van der Waals surface area contributed by atoms with E-state index in [2.05, 4.69) is 5.32 Å². The van der Waals surface area contributed by atoms with Gasteiger partial charge in [-0.05, 0) is 70.0 Å². The normalized spacial score (nSPS) is 16.1. The van der Waals surface area contributed by atoms with E-state index in [1.807, 2.05) is 27.7 Å². The fourth-order valence-corrected chi connectivity index (χ4v) is 4.49. The summed E-state index contributed by atoms with van der Waals surface area (Å²) in [5.74, 6) is -2.21.